The monoisotopic (exact) mass is 325 g/mol. The fourth-order valence-electron chi connectivity index (χ4n) is 2.37. The molecule has 2 rings (SSSR count). The zero-order valence-corrected chi connectivity index (χ0v) is 13.1. The third-order valence-corrected chi connectivity index (χ3v) is 3.54. The van der Waals surface area contributed by atoms with Crippen LogP contribution in [-0.4, -0.2) is 47.3 Å². The highest BCUT2D eigenvalue weighted by Gasteiger charge is 2.17. The van der Waals surface area contributed by atoms with E-state index in [1.54, 1.807) is 0 Å². The third-order valence-electron chi connectivity index (χ3n) is 3.54. The average molecular weight is 325 g/mol. The molecule has 0 atom stereocenters. The molecule has 6 nitrogen and oxygen atoms in total. The first-order chi connectivity index (χ1) is 11.7. The quantitative estimate of drug-likeness (QED) is 0.529. The number of nitriles is 1. The van der Waals surface area contributed by atoms with Gasteiger partial charge in [0.25, 0.3) is 5.91 Å². The van der Waals surface area contributed by atoms with Crippen LogP contribution < -0.4 is 5.32 Å². The van der Waals surface area contributed by atoms with Crippen molar-refractivity contribution >= 4 is 22.4 Å². The number of rotatable bonds is 7. The van der Waals surface area contributed by atoms with Crippen LogP contribution >= 0.6 is 0 Å². The number of nitrogens with zero attached hydrogens (tertiary/aromatic N) is 2. The Hall–Kier alpha value is -2.88. The lowest BCUT2D eigenvalue weighted by atomic mass is 10.1. The fraction of sp³-hybridized carbons (Fsp3) is 0.222. The van der Waals surface area contributed by atoms with Gasteiger partial charge in [-0.05, 0) is 11.5 Å². The first-order valence-corrected chi connectivity index (χ1v) is 7.56. The smallest absolute Gasteiger partial charge is 0.266 e. The first-order valence-electron chi connectivity index (χ1n) is 7.56. The minimum Gasteiger partial charge on any atom is -0.395 e. The van der Waals surface area contributed by atoms with Gasteiger partial charge in [-0.25, -0.2) is 0 Å². The summed E-state index contributed by atoms with van der Waals surface area (Å²) in [6, 6.07) is 15.4. The summed E-state index contributed by atoms with van der Waals surface area (Å²) in [4.78, 5) is 13.5. The van der Waals surface area contributed by atoms with E-state index in [4.69, 9.17) is 10.2 Å². The Kier molecular flexibility index (Phi) is 6.32. The zero-order valence-electron chi connectivity index (χ0n) is 13.1. The number of hydrogen-bond acceptors (Lipinski definition) is 5. The Morgan fingerprint density at radius 1 is 1.12 bits per heavy atom. The molecule has 0 aliphatic heterocycles. The van der Waals surface area contributed by atoms with Crippen LogP contribution in [0.15, 0.2) is 54.2 Å². The minimum atomic E-state index is -0.534. The Labute approximate surface area is 140 Å². The van der Waals surface area contributed by atoms with Crippen molar-refractivity contribution in [1.82, 2.24) is 4.90 Å². The van der Waals surface area contributed by atoms with Gasteiger partial charge in [0.05, 0.1) is 13.2 Å². The van der Waals surface area contributed by atoms with Crippen LogP contribution in [0.5, 0.6) is 0 Å². The molecule has 0 saturated heterocycles. The van der Waals surface area contributed by atoms with E-state index in [0.29, 0.717) is 0 Å². The van der Waals surface area contributed by atoms with Crippen molar-refractivity contribution in [2.24, 2.45) is 0 Å². The highest BCUT2D eigenvalue weighted by Crippen LogP contribution is 2.23. The number of fused-ring (bicyclic) bond motifs is 1. The first kappa shape index (κ1) is 17.5. The number of aliphatic hydroxyl groups excluding tert-OH is 2. The topological polar surface area (TPSA) is 96.6 Å². The maximum Gasteiger partial charge on any atom is 0.266 e. The van der Waals surface area contributed by atoms with E-state index in [-0.39, 0.29) is 31.9 Å². The van der Waals surface area contributed by atoms with Gasteiger partial charge in [0, 0.05) is 30.4 Å². The molecule has 0 fully saturated rings. The molecule has 3 N–H and O–H groups in total. The van der Waals surface area contributed by atoms with Crippen molar-refractivity contribution < 1.29 is 15.0 Å². The van der Waals surface area contributed by atoms with Gasteiger partial charge in [-0.2, -0.15) is 5.26 Å². The van der Waals surface area contributed by atoms with Crippen molar-refractivity contribution in [3.8, 4) is 6.07 Å². The normalized spacial score (nSPS) is 11.1. The molecule has 0 aliphatic rings. The van der Waals surface area contributed by atoms with Crippen molar-refractivity contribution in [3.05, 3.63) is 54.2 Å². The van der Waals surface area contributed by atoms with Crippen molar-refractivity contribution in [1.29, 1.82) is 5.26 Å². The van der Waals surface area contributed by atoms with Gasteiger partial charge < -0.3 is 20.4 Å². The zero-order chi connectivity index (χ0) is 17.4. The molecule has 24 heavy (non-hydrogen) atoms. The van der Waals surface area contributed by atoms with Crippen LogP contribution in [0.2, 0.25) is 0 Å². The molecule has 2 aromatic rings. The maximum atomic E-state index is 12.3. The second-order valence-electron chi connectivity index (χ2n) is 5.08. The Balaban J connectivity index is 2.24. The Morgan fingerprint density at radius 2 is 1.79 bits per heavy atom. The largest absolute Gasteiger partial charge is 0.395 e. The van der Waals surface area contributed by atoms with Gasteiger partial charge in [-0.1, -0.05) is 36.4 Å². The van der Waals surface area contributed by atoms with E-state index < -0.39 is 5.91 Å². The van der Waals surface area contributed by atoms with E-state index in [9.17, 15) is 10.1 Å². The van der Waals surface area contributed by atoms with Crippen molar-refractivity contribution in [2.45, 2.75) is 0 Å². The molecule has 0 bridgehead atoms. The summed E-state index contributed by atoms with van der Waals surface area (Å²) in [5.41, 5.74) is 0.689. The van der Waals surface area contributed by atoms with Crippen molar-refractivity contribution in [2.75, 3.05) is 31.6 Å². The van der Waals surface area contributed by atoms with Gasteiger partial charge in [0.1, 0.15) is 11.6 Å². The van der Waals surface area contributed by atoms with Crippen LogP contribution in [0, 0.1) is 11.3 Å². The number of carbonyl (C=O) groups is 1. The molecule has 1 amide bonds. The van der Waals surface area contributed by atoms with Gasteiger partial charge in [0.15, 0.2) is 0 Å². The number of carbonyl (C=O) groups excluding carboxylic acids is 1. The van der Waals surface area contributed by atoms with E-state index >= 15 is 0 Å². The Bertz CT molecular complexity index is 769. The summed E-state index contributed by atoms with van der Waals surface area (Å²) < 4.78 is 0. The number of anilines is 1. The molecule has 6 heteroatoms. The second kappa shape index (κ2) is 8.67. The highest BCUT2D eigenvalue weighted by atomic mass is 16.3. The average Bonchev–Trinajstić information content (AvgIpc) is 2.62. The summed E-state index contributed by atoms with van der Waals surface area (Å²) in [5, 5.41) is 32.3. The van der Waals surface area contributed by atoms with Crippen LogP contribution in [0.25, 0.3) is 10.8 Å². The predicted molar refractivity (Wildman–Crippen MR) is 92.0 cm³/mol. The number of amides is 1. The molecule has 2 aromatic carbocycles. The van der Waals surface area contributed by atoms with E-state index in [1.807, 2.05) is 48.5 Å². The van der Waals surface area contributed by atoms with E-state index in [2.05, 4.69) is 5.32 Å². The van der Waals surface area contributed by atoms with Gasteiger partial charge in [0.2, 0.25) is 0 Å². The predicted octanol–water partition coefficient (Wildman–Crippen LogP) is 1.47. The lowest BCUT2D eigenvalue weighted by Crippen LogP contribution is -2.36. The lowest BCUT2D eigenvalue weighted by Gasteiger charge is -2.20. The highest BCUT2D eigenvalue weighted by molar-refractivity contribution is 5.98. The van der Waals surface area contributed by atoms with E-state index in [0.717, 1.165) is 16.5 Å². The summed E-state index contributed by atoms with van der Waals surface area (Å²) in [6.07, 6.45) is 1.35. The van der Waals surface area contributed by atoms with Gasteiger partial charge in [-0.15, -0.1) is 0 Å². The van der Waals surface area contributed by atoms with Gasteiger partial charge in [-0.3, -0.25) is 4.79 Å². The molecule has 0 heterocycles. The summed E-state index contributed by atoms with van der Waals surface area (Å²) >= 11 is 0. The summed E-state index contributed by atoms with van der Waals surface area (Å²) in [5.74, 6) is -0.534. The minimum absolute atomic E-state index is 0.0622. The molecule has 0 saturated carbocycles. The SMILES string of the molecule is N#C/C(=C/Nc1cccc2ccccc12)C(=O)N(CCO)CCO. The molecule has 0 aromatic heterocycles. The van der Waals surface area contributed by atoms with Crippen LogP contribution in [0.1, 0.15) is 0 Å². The standard InChI is InChI=1S/C18H19N3O3/c19-12-15(18(24)21(8-10-22)9-11-23)13-20-17-7-3-5-14-4-1-2-6-16(14)17/h1-7,13,20,22-23H,8-11H2/b15-13-. The summed E-state index contributed by atoms with van der Waals surface area (Å²) in [7, 11) is 0. The third kappa shape index (κ3) is 4.10. The molecule has 0 spiro atoms. The molecular formula is C18H19N3O3. The van der Waals surface area contributed by atoms with Crippen LogP contribution in [0.4, 0.5) is 5.69 Å². The summed E-state index contributed by atoms with van der Waals surface area (Å²) in [6.45, 7) is -0.345. The maximum absolute atomic E-state index is 12.3. The molecular weight excluding hydrogens is 306 g/mol. The van der Waals surface area contributed by atoms with Crippen LogP contribution in [-0.2, 0) is 4.79 Å². The number of benzene rings is 2. The lowest BCUT2D eigenvalue weighted by molar-refractivity contribution is -0.127. The number of nitrogens with one attached hydrogen (secondary N) is 1. The number of hydrogen-bond donors (Lipinski definition) is 3. The molecule has 0 radical (unpaired) electrons. The fourth-order valence-corrected chi connectivity index (χ4v) is 2.37. The van der Waals surface area contributed by atoms with Crippen molar-refractivity contribution in [3.63, 3.8) is 0 Å². The number of aliphatic hydroxyl groups is 2. The van der Waals surface area contributed by atoms with Gasteiger partial charge >= 0.3 is 0 Å². The molecule has 0 aliphatic carbocycles. The van der Waals surface area contributed by atoms with E-state index in [1.165, 1.54) is 11.1 Å². The Morgan fingerprint density at radius 3 is 2.46 bits per heavy atom. The second-order valence-corrected chi connectivity index (χ2v) is 5.08. The van der Waals surface area contributed by atoms with Crippen LogP contribution in [0.3, 0.4) is 0 Å². The molecule has 0 unspecified atom stereocenters. The molecule has 124 valence electrons.